The monoisotopic (exact) mass is 380 g/mol. The van der Waals surface area contributed by atoms with Crippen LogP contribution in [0, 0.1) is 0 Å². The molecule has 114 valence electrons. The zero-order chi connectivity index (χ0) is 15.9. The van der Waals surface area contributed by atoms with E-state index in [1.165, 1.54) is 0 Å². The maximum absolute atomic E-state index is 11.9. The van der Waals surface area contributed by atoms with E-state index >= 15 is 0 Å². The van der Waals surface area contributed by atoms with E-state index in [0.29, 0.717) is 10.8 Å². The number of benzene rings is 2. The Kier molecular flexibility index (Phi) is 5.98. The predicted octanol–water partition coefficient (Wildman–Crippen LogP) is 4.02. The first-order valence-corrected chi connectivity index (χ1v) is 7.72. The molecule has 0 bridgehead atoms. The van der Waals surface area contributed by atoms with Gasteiger partial charge in [-0.05, 0) is 48.9 Å². The lowest BCUT2D eigenvalue weighted by Crippen LogP contribution is -2.33. The lowest BCUT2D eigenvalue weighted by Gasteiger charge is -2.12. The van der Waals surface area contributed by atoms with Gasteiger partial charge in [0, 0.05) is 9.50 Å². The lowest BCUT2D eigenvalue weighted by molar-refractivity contribution is -0.127. The van der Waals surface area contributed by atoms with Gasteiger partial charge in [-0.25, -0.2) is 5.43 Å². The van der Waals surface area contributed by atoms with Crippen molar-refractivity contribution in [3.63, 3.8) is 0 Å². The summed E-state index contributed by atoms with van der Waals surface area (Å²) in [5.41, 5.74) is 3.32. The Hall–Kier alpha value is -1.85. The summed E-state index contributed by atoms with van der Waals surface area (Å²) in [6.07, 6.45) is 0.901. The van der Waals surface area contributed by atoms with E-state index in [1.807, 2.05) is 24.3 Å². The molecule has 0 radical (unpaired) electrons. The van der Waals surface area contributed by atoms with Gasteiger partial charge in [-0.3, -0.25) is 4.79 Å². The van der Waals surface area contributed by atoms with Gasteiger partial charge < -0.3 is 4.74 Å². The molecule has 0 saturated carbocycles. The summed E-state index contributed by atoms with van der Waals surface area (Å²) in [5.74, 6) is 0.240. The summed E-state index contributed by atoms with van der Waals surface area (Å²) < 4.78 is 6.45. The molecule has 22 heavy (non-hydrogen) atoms. The molecule has 2 rings (SSSR count). The van der Waals surface area contributed by atoms with Crippen LogP contribution in [0.2, 0.25) is 5.02 Å². The van der Waals surface area contributed by atoms with Crippen LogP contribution in [0.5, 0.6) is 5.75 Å². The number of hydrogen-bond donors (Lipinski definition) is 1. The van der Waals surface area contributed by atoms with Crippen molar-refractivity contribution in [2.45, 2.75) is 13.0 Å². The number of halogens is 2. The number of carbonyl (C=O) groups is 1. The molecule has 0 fully saturated rings. The average molecular weight is 382 g/mol. The molecule has 6 heteroatoms. The van der Waals surface area contributed by atoms with Gasteiger partial charge >= 0.3 is 0 Å². The molecule has 1 N–H and O–H groups in total. The normalized spacial score (nSPS) is 12.1. The Labute approximate surface area is 142 Å². The van der Waals surface area contributed by atoms with E-state index < -0.39 is 6.10 Å². The van der Waals surface area contributed by atoms with E-state index in [1.54, 1.807) is 37.4 Å². The fraction of sp³-hybridized carbons (Fsp3) is 0.125. The molecule has 0 spiro atoms. The van der Waals surface area contributed by atoms with Gasteiger partial charge in [-0.2, -0.15) is 5.10 Å². The number of hydrogen-bond acceptors (Lipinski definition) is 3. The molecule has 0 aliphatic heterocycles. The Morgan fingerprint density at radius 2 is 2.05 bits per heavy atom. The first kappa shape index (κ1) is 16.5. The summed E-state index contributed by atoms with van der Waals surface area (Å²) in [6, 6.07) is 14.4. The molecule has 0 aliphatic carbocycles. The van der Waals surface area contributed by atoms with E-state index in [2.05, 4.69) is 26.5 Å². The number of nitrogens with one attached hydrogen (secondary N) is 1. The van der Waals surface area contributed by atoms with Crippen molar-refractivity contribution < 1.29 is 9.53 Å². The van der Waals surface area contributed by atoms with E-state index in [0.717, 1.165) is 10.0 Å². The largest absolute Gasteiger partial charge is 0.481 e. The molecular weight excluding hydrogens is 368 g/mol. The van der Waals surface area contributed by atoms with Crippen molar-refractivity contribution in [3.05, 3.63) is 63.6 Å². The van der Waals surface area contributed by atoms with Crippen LogP contribution in [-0.2, 0) is 4.79 Å². The molecule has 2 aromatic carbocycles. The predicted molar refractivity (Wildman–Crippen MR) is 91.4 cm³/mol. The average Bonchev–Trinajstić information content (AvgIpc) is 2.49. The smallest absolute Gasteiger partial charge is 0.280 e. The van der Waals surface area contributed by atoms with Gasteiger partial charge in [0.15, 0.2) is 6.10 Å². The van der Waals surface area contributed by atoms with Gasteiger partial charge in [-0.15, -0.1) is 0 Å². The highest BCUT2D eigenvalue weighted by molar-refractivity contribution is 9.10. The highest BCUT2D eigenvalue weighted by atomic mass is 79.9. The zero-order valence-corrected chi connectivity index (χ0v) is 14.1. The van der Waals surface area contributed by atoms with E-state index in [-0.39, 0.29) is 5.91 Å². The summed E-state index contributed by atoms with van der Waals surface area (Å²) in [6.45, 7) is 1.65. The van der Waals surface area contributed by atoms with Crippen molar-refractivity contribution in [1.82, 2.24) is 5.43 Å². The number of hydrazone groups is 1. The van der Waals surface area contributed by atoms with Crippen LogP contribution in [0.1, 0.15) is 12.5 Å². The van der Waals surface area contributed by atoms with Crippen LogP contribution in [0.25, 0.3) is 0 Å². The quantitative estimate of drug-likeness (QED) is 0.628. The topological polar surface area (TPSA) is 50.7 Å². The Morgan fingerprint density at radius 1 is 1.32 bits per heavy atom. The lowest BCUT2D eigenvalue weighted by atomic mass is 10.2. The minimum atomic E-state index is -0.666. The number of nitrogens with zero attached hydrogens (tertiary/aromatic N) is 1. The van der Waals surface area contributed by atoms with Crippen molar-refractivity contribution in [2.24, 2.45) is 5.10 Å². The molecule has 0 aliphatic rings. The van der Waals surface area contributed by atoms with Gasteiger partial charge in [0.25, 0.3) is 5.91 Å². The van der Waals surface area contributed by atoms with Crippen molar-refractivity contribution in [1.29, 1.82) is 0 Å². The van der Waals surface area contributed by atoms with E-state index in [4.69, 9.17) is 16.3 Å². The van der Waals surface area contributed by atoms with Gasteiger partial charge in [-0.1, -0.05) is 39.7 Å². The highest BCUT2D eigenvalue weighted by Gasteiger charge is 2.13. The molecule has 2 aromatic rings. The first-order chi connectivity index (χ1) is 10.5. The van der Waals surface area contributed by atoms with Crippen LogP contribution in [0.3, 0.4) is 0 Å². The van der Waals surface area contributed by atoms with Crippen LogP contribution < -0.4 is 10.2 Å². The molecule has 4 nitrogen and oxygen atoms in total. The second-order valence-electron chi connectivity index (χ2n) is 4.50. The maximum atomic E-state index is 11.9. The second kappa shape index (κ2) is 7.96. The Morgan fingerprint density at radius 3 is 2.73 bits per heavy atom. The molecular formula is C16H14BrClN2O2. The molecule has 0 unspecified atom stereocenters. The third-order valence-corrected chi connectivity index (χ3v) is 3.48. The van der Waals surface area contributed by atoms with Gasteiger partial charge in [0.2, 0.25) is 0 Å². The number of rotatable bonds is 5. The maximum Gasteiger partial charge on any atom is 0.280 e. The van der Waals surface area contributed by atoms with Gasteiger partial charge in [0.05, 0.1) is 6.21 Å². The molecule has 0 saturated heterocycles. The van der Waals surface area contributed by atoms with Crippen LogP contribution >= 0.6 is 27.5 Å². The summed E-state index contributed by atoms with van der Waals surface area (Å²) >= 11 is 9.16. The third kappa shape index (κ3) is 5.16. The van der Waals surface area contributed by atoms with Crippen molar-refractivity contribution >= 4 is 39.7 Å². The van der Waals surface area contributed by atoms with Gasteiger partial charge in [0.1, 0.15) is 5.75 Å². The summed E-state index contributed by atoms with van der Waals surface area (Å²) in [7, 11) is 0. The van der Waals surface area contributed by atoms with Crippen molar-refractivity contribution in [2.75, 3.05) is 0 Å². The third-order valence-electron chi connectivity index (χ3n) is 2.73. The fourth-order valence-electron chi connectivity index (χ4n) is 1.62. The first-order valence-electron chi connectivity index (χ1n) is 6.55. The SMILES string of the molecule is C[C@H](Oc1ccc(Cl)cc1)C(=O)N/N=C\c1cccc(Br)c1. The summed E-state index contributed by atoms with van der Waals surface area (Å²) in [5, 5.41) is 4.53. The molecule has 0 heterocycles. The fourth-order valence-corrected chi connectivity index (χ4v) is 2.16. The molecule has 0 aromatic heterocycles. The van der Waals surface area contributed by atoms with E-state index in [9.17, 15) is 4.79 Å². The summed E-state index contributed by atoms with van der Waals surface area (Å²) in [4.78, 5) is 11.9. The Bertz CT molecular complexity index is 674. The van der Waals surface area contributed by atoms with Crippen LogP contribution in [0.4, 0.5) is 0 Å². The Balaban J connectivity index is 1.87. The second-order valence-corrected chi connectivity index (χ2v) is 5.86. The zero-order valence-electron chi connectivity index (χ0n) is 11.8. The number of amides is 1. The minimum Gasteiger partial charge on any atom is -0.481 e. The van der Waals surface area contributed by atoms with Crippen molar-refractivity contribution in [3.8, 4) is 5.75 Å². The number of carbonyl (C=O) groups excluding carboxylic acids is 1. The van der Waals surface area contributed by atoms with Crippen LogP contribution in [-0.4, -0.2) is 18.2 Å². The molecule has 1 atom stereocenters. The van der Waals surface area contributed by atoms with Crippen LogP contribution in [0.15, 0.2) is 58.1 Å². The molecule has 1 amide bonds. The number of ether oxygens (including phenoxy) is 1. The standard InChI is InChI=1S/C16H14BrClN2O2/c1-11(22-15-7-5-14(18)6-8-15)16(21)20-19-10-12-3-2-4-13(17)9-12/h2-11H,1H3,(H,20,21)/b19-10-/t11-/m0/s1. The minimum absolute atomic E-state index is 0.332. The highest BCUT2D eigenvalue weighted by Crippen LogP contribution is 2.16.